The number of hydrogen-bond donors (Lipinski definition) is 1. The lowest BCUT2D eigenvalue weighted by Gasteiger charge is -2.15. The first-order valence-corrected chi connectivity index (χ1v) is 10.7. The number of benzene rings is 3. The molecule has 0 spiro atoms. The summed E-state index contributed by atoms with van der Waals surface area (Å²) in [6.07, 6.45) is 2.54. The fraction of sp³-hybridized carbons (Fsp3) is 0.269. The lowest BCUT2D eigenvalue weighted by Crippen LogP contribution is -2.28. The number of carbonyl (C=O) groups excluding carboxylic acids is 1. The average molecular weight is 401 g/mol. The van der Waals surface area contributed by atoms with E-state index < -0.39 is 0 Å². The third-order valence-electron chi connectivity index (χ3n) is 5.41. The molecule has 0 aliphatic carbocycles. The van der Waals surface area contributed by atoms with Crippen molar-refractivity contribution in [1.82, 2.24) is 10.2 Å². The molecule has 1 saturated heterocycles. The Labute approximate surface area is 178 Å². The van der Waals surface area contributed by atoms with Crippen molar-refractivity contribution < 1.29 is 9.53 Å². The van der Waals surface area contributed by atoms with Gasteiger partial charge < -0.3 is 10.1 Å². The van der Waals surface area contributed by atoms with Crippen LogP contribution in [0, 0.1) is 0 Å². The van der Waals surface area contributed by atoms with Crippen LogP contribution in [0.3, 0.4) is 0 Å². The van der Waals surface area contributed by atoms with Crippen LogP contribution >= 0.6 is 0 Å². The van der Waals surface area contributed by atoms with Crippen LogP contribution in [0.5, 0.6) is 5.75 Å². The number of hydrogen-bond acceptors (Lipinski definition) is 3. The molecule has 4 nitrogen and oxygen atoms in total. The number of ether oxygens (including phenoxy) is 1. The largest absolute Gasteiger partial charge is 0.491 e. The molecule has 4 rings (SSSR count). The molecule has 154 valence electrons. The minimum absolute atomic E-state index is 0.0572. The van der Waals surface area contributed by atoms with Gasteiger partial charge in [0.25, 0.3) is 5.91 Å². The number of nitrogens with one attached hydrogen (secondary N) is 1. The molecular formula is C26H28N2O2. The van der Waals surface area contributed by atoms with Crippen LogP contribution in [0.25, 0.3) is 11.1 Å². The minimum Gasteiger partial charge on any atom is -0.491 e. The first-order valence-electron chi connectivity index (χ1n) is 10.7. The molecule has 0 saturated carbocycles. The highest BCUT2D eigenvalue weighted by molar-refractivity contribution is 5.94. The third kappa shape index (κ3) is 5.28. The second-order valence-corrected chi connectivity index (χ2v) is 7.65. The Balaban J connectivity index is 1.30. The molecule has 4 heteroatoms. The quantitative estimate of drug-likeness (QED) is 0.555. The molecule has 0 radical (unpaired) electrons. The molecule has 1 amide bonds. The smallest absolute Gasteiger partial charge is 0.251 e. The summed E-state index contributed by atoms with van der Waals surface area (Å²) in [5.74, 6) is 0.767. The highest BCUT2D eigenvalue weighted by Crippen LogP contribution is 2.29. The van der Waals surface area contributed by atoms with Crippen LogP contribution in [0.1, 0.15) is 28.8 Å². The lowest BCUT2D eigenvalue weighted by molar-refractivity contribution is 0.0947. The van der Waals surface area contributed by atoms with Crippen molar-refractivity contribution in [3.8, 4) is 16.9 Å². The third-order valence-corrected chi connectivity index (χ3v) is 5.41. The van der Waals surface area contributed by atoms with Gasteiger partial charge in [0.2, 0.25) is 0 Å². The van der Waals surface area contributed by atoms with E-state index in [1.165, 1.54) is 18.4 Å². The Hall–Kier alpha value is -3.11. The van der Waals surface area contributed by atoms with Gasteiger partial charge in [0, 0.05) is 17.7 Å². The fourth-order valence-corrected chi connectivity index (χ4v) is 3.89. The van der Waals surface area contributed by atoms with Crippen molar-refractivity contribution in [1.29, 1.82) is 0 Å². The highest BCUT2D eigenvalue weighted by atomic mass is 16.5. The molecule has 30 heavy (non-hydrogen) atoms. The van der Waals surface area contributed by atoms with Gasteiger partial charge in [-0.3, -0.25) is 9.69 Å². The Morgan fingerprint density at radius 1 is 0.900 bits per heavy atom. The van der Waals surface area contributed by atoms with Crippen molar-refractivity contribution in [3.63, 3.8) is 0 Å². The molecule has 3 aromatic carbocycles. The Morgan fingerprint density at radius 2 is 1.67 bits per heavy atom. The Bertz CT molecular complexity index is 966. The summed E-state index contributed by atoms with van der Waals surface area (Å²) in [6, 6.07) is 26.1. The molecule has 0 bridgehead atoms. The number of rotatable bonds is 8. The fourth-order valence-electron chi connectivity index (χ4n) is 3.89. The number of para-hydroxylation sites is 1. The summed E-state index contributed by atoms with van der Waals surface area (Å²) in [7, 11) is 0. The van der Waals surface area contributed by atoms with E-state index in [4.69, 9.17) is 4.74 Å². The van der Waals surface area contributed by atoms with E-state index >= 15 is 0 Å². The van der Waals surface area contributed by atoms with Crippen LogP contribution in [0.2, 0.25) is 0 Å². The van der Waals surface area contributed by atoms with E-state index in [1.54, 1.807) is 0 Å². The topological polar surface area (TPSA) is 41.6 Å². The normalized spacial score (nSPS) is 13.9. The monoisotopic (exact) mass is 400 g/mol. The SMILES string of the molecule is O=C(NCCOc1ccccc1-c1ccccc1)c1cccc(CN2CCCC2)c1. The lowest BCUT2D eigenvalue weighted by atomic mass is 10.1. The second kappa shape index (κ2) is 10.1. The minimum atomic E-state index is -0.0572. The molecule has 0 unspecified atom stereocenters. The van der Waals surface area contributed by atoms with E-state index in [0.29, 0.717) is 18.7 Å². The maximum atomic E-state index is 12.6. The predicted octanol–water partition coefficient (Wildman–Crippen LogP) is 4.76. The molecule has 1 N–H and O–H groups in total. The Morgan fingerprint density at radius 3 is 2.50 bits per heavy atom. The summed E-state index contributed by atoms with van der Waals surface area (Å²) in [4.78, 5) is 15.0. The van der Waals surface area contributed by atoms with Crippen molar-refractivity contribution in [2.45, 2.75) is 19.4 Å². The van der Waals surface area contributed by atoms with Crippen molar-refractivity contribution in [3.05, 3.63) is 90.0 Å². The number of nitrogens with zero attached hydrogens (tertiary/aromatic N) is 1. The standard InChI is InChI=1S/C26H28N2O2/c29-26(23-12-8-9-21(19-23)20-28-16-6-7-17-28)27-15-18-30-25-14-5-4-13-24(25)22-10-2-1-3-11-22/h1-5,8-14,19H,6-7,15-18,20H2,(H,27,29). The molecule has 0 atom stereocenters. The molecule has 1 aliphatic heterocycles. The zero-order chi connectivity index (χ0) is 20.6. The number of likely N-dealkylation sites (tertiary alicyclic amines) is 1. The highest BCUT2D eigenvalue weighted by Gasteiger charge is 2.13. The van der Waals surface area contributed by atoms with Crippen LogP contribution in [0.15, 0.2) is 78.9 Å². The van der Waals surface area contributed by atoms with E-state index in [2.05, 4.69) is 34.5 Å². The van der Waals surface area contributed by atoms with E-state index in [0.717, 1.165) is 36.5 Å². The molecule has 3 aromatic rings. The van der Waals surface area contributed by atoms with Crippen LogP contribution in [-0.4, -0.2) is 37.0 Å². The van der Waals surface area contributed by atoms with E-state index in [-0.39, 0.29) is 5.91 Å². The maximum Gasteiger partial charge on any atom is 0.251 e. The van der Waals surface area contributed by atoms with Crippen LogP contribution in [0.4, 0.5) is 0 Å². The van der Waals surface area contributed by atoms with Crippen molar-refractivity contribution >= 4 is 5.91 Å². The van der Waals surface area contributed by atoms with Crippen LogP contribution in [-0.2, 0) is 6.54 Å². The molecule has 1 aliphatic rings. The number of carbonyl (C=O) groups is 1. The zero-order valence-electron chi connectivity index (χ0n) is 17.2. The summed E-state index contributed by atoms with van der Waals surface area (Å²) in [6.45, 7) is 4.10. The molecule has 1 fully saturated rings. The molecule has 0 aromatic heterocycles. The summed E-state index contributed by atoms with van der Waals surface area (Å²) in [5, 5.41) is 2.97. The second-order valence-electron chi connectivity index (χ2n) is 7.65. The molecule has 1 heterocycles. The molecular weight excluding hydrogens is 372 g/mol. The van der Waals surface area contributed by atoms with Gasteiger partial charge in [0.05, 0.1) is 6.54 Å². The van der Waals surface area contributed by atoms with Gasteiger partial charge in [-0.2, -0.15) is 0 Å². The Kier molecular flexibility index (Phi) is 6.78. The van der Waals surface area contributed by atoms with Gasteiger partial charge >= 0.3 is 0 Å². The van der Waals surface area contributed by atoms with E-state index in [1.807, 2.05) is 54.6 Å². The van der Waals surface area contributed by atoms with Gasteiger partial charge in [-0.25, -0.2) is 0 Å². The predicted molar refractivity (Wildman–Crippen MR) is 121 cm³/mol. The average Bonchev–Trinajstić information content (AvgIpc) is 3.31. The van der Waals surface area contributed by atoms with Gasteiger partial charge in [-0.05, 0) is 55.3 Å². The summed E-state index contributed by atoms with van der Waals surface area (Å²) >= 11 is 0. The number of amides is 1. The van der Waals surface area contributed by atoms with E-state index in [9.17, 15) is 4.79 Å². The van der Waals surface area contributed by atoms with Gasteiger partial charge in [-0.15, -0.1) is 0 Å². The summed E-state index contributed by atoms with van der Waals surface area (Å²) < 4.78 is 5.97. The van der Waals surface area contributed by atoms with Gasteiger partial charge in [0.15, 0.2) is 0 Å². The maximum absolute atomic E-state index is 12.6. The van der Waals surface area contributed by atoms with Crippen molar-refractivity contribution in [2.75, 3.05) is 26.2 Å². The zero-order valence-corrected chi connectivity index (χ0v) is 17.2. The van der Waals surface area contributed by atoms with Gasteiger partial charge in [0.1, 0.15) is 12.4 Å². The van der Waals surface area contributed by atoms with Crippen LogP contribution < -0.4 is 10.1 Å². The first-order chi connectivity index (χ1) is 14.8. The van der Waals surface area contributed by atoms with Crippen molar-refractivity contribution in [2.24, 2.45) is 0 Å². The summed E-state index contributed by atoms with van der Waals surface area (Å²) in [5.41, 5.74) is 4.07. The van der Waals surface area contributed by atoms with Gasteiger partial charge in [-0.1, -0.05) is 60.7 Å². The first kappa shape index (κ1) is 20.2.